The van der Waals surface area contributed by atoms with Crippen LogP contribution in [0.1, 0.15) is 78.2 Å². The van der Waals surface area contributed by atoms with E-state index in [2.05, 4.69) is 39.1 Å². The number of piperidine rings is 1. The summed E-state index contributed by atoms with van der Waals surface area (Å²) < 4.78 is 5.30. The minimum atomic E-state index is -0.440. The van der Waals surface area contributed by atoms with Crippen LogP contribution in [0.5, 0.6) is 5.75 Å². The molecule has 5 rings (SSSR count). The van der Waals surface area contributed by atoms with E-state index in [0.29, 0.717) is 24.2 Å². The van der Waals surface area contributed by atoms with Gasteiger partial charge in [0.25, 0.3) is 0 Å². The monoisotopic (exact) mass is 478 g/mol. The number of amides is 2. The van der Waals surface area contributed by atoms with E-state index in [4.69, 9.17) is 4.74 Å². The maximum Gasteiger partial charge on any atom is 0.226 e. The average Bonchev–Trinajstić information content (AvgIpc) is 3.19. The van der Waals surface area contributed by atoms with Gasteiger partial charge in [-0.2, -0.15) is 0 Å². The number of hydrogen-bond donors (Lipinski definition) is 1. The fraction of sp³-hybridized carbons (Fsp3) is 0.667. The zero-order valence-corrected chi connectivity index (χ0v) is 22.3. The van der Waals surface area contributed by atoms with Crippen molar-refractivity contribution >= 4 is 11.8 Å². The van der Waals surface area contributed by atoms with Gasteiger partial charge in [-0.05, 0) is 93.2 Å². The first-order valence-corrected chi connectivity index (χ1v) is 13.4. The molecule has 1 heterocycles. The molecule has 1 aliphatic heterocycles. The first-order chi connectivity index (χ1) is 16.5. The Kier molecular flexibility index (Phi) is 5.84. The highest BCUT2D eigenvalue weighted by Crippen LogP contribution is 2.66. The molecule has 1 unspecified atom stereocenters. The van der Waals surface area contributed by atoms with Crippen molar-refractivity contribution in [1.29, 1.82) is 0 Å². The Balaban J connectivity index is 1.35. The maximum absolute atomic E-state index is 13.8. The predicted octanol–water partition coefficient (Wildman–Crippen LogP) is 5.65. The minimum absolute atomic E-state index is 0.0410. The molecule has 1 aromatic rings. The molecule has 5 heteroatoms. The normalized spacial score (nSPS) is 36.6. The lowest BCUT2D eigenvalue weighted by Crippen LogP contribution is -2.55. The summed E-state index contributed by atoms with van der Waals surface area (Å²) in [6, 6.07) is 8.00. The van der Waals surface area contributed by atoms with Gasteiger partial charge in [0, 0.05) is 30.5 Å². The Labute approximate surface area is 210 Å². The molecule has 0 radical (unpaired) electrons. The van der Waals surface area contributed by atoms with E-state index in [1.165, 1.54) is 5.70 Å². The van der Waals surface area contributed by atoms with Crippen LogP contribution in [0.15, 0.2) is 36.0 Å². The van der Waals surface area contributed by atoms with E-state index in [1.807, 2.05) is 36.2 Å². The van der Waals surface area contributed by atoms with Crippen molar-refractivity contribution in [3.8, 4) is 5.75 Å². The van der Waals surface area contributed by atoms with Gasteiger partial charge in [0.05, 0.1) is 12.6 Å². The van der Waals surface area contributed by atoms with E-state index in [0.717, 1.165) is 49.8 Å². The Morgan fingerprint density at radius 1 is 1.09 bits per heavy atom. The zero-order chi connectivity index (χ0) is 25.2. The molecule has 3 aliphatic carbocycles. The largest absolute Gasteiger partial charge is 0.497 e. The van der Waals surface area contributed by atoms with Crippen LogP contribution in [-0.2, 0) is 15.1 Å². The second kappa shape index (κ2) is 8.38. The van der Waals surface area contributed by atoms with Crippen LogP contribution >= 0.6 is 0 Å². The Bertz CT molecular complexity index is 1040. The molecule has 6 atom stereocenters. The third-order valence-corrected chi connectivity index (χ3v) is 10.6. The standard InChI is InChI=1S/C30H42N2O3/c1-28(2,19-7-9-20(35-6)10-8-19)31-27(34)24-13-12-22-21-11-14-25-30(4,18-16-26(33)32(25)5)23(21)15-17-29(22,24)3/h7-10,14,21-24H,11-13,15-18H2,1-6H3,(H,31,34)/t21-,22-,23-,24?,29-,30+/m0/s1. The number of ether oxygens (including phenoxy) is 1. The molecule has 0 aromatic heterocycles. The van der Waals surface area contributed by atoms with Gasteiger partial charge in [-0.15, -0.1) is 0 Å². The molecule has 1 saturated heterocycles. The number of fused-ring (bicyclic) bond motifs is 5. The molecule has 5 nitrogen and oxygen atoms in total. The summed E-state index contributed by atoms with van der Waals surface area (Å²) in [5.41, 5.74) is 2.03. The van der Waals surface area contributed by atoms with Crippen molar-refractivity contribution in [2.45, 2.75) is 78.2 Å². The fourth-order valence-corrected chi connectivity index (χ4v) is 8.49. The van der Waals surface area contributed by atoms with Gasteiger partial charge in [-0.1, -0.05) is 32.1 Å². The molecule has 0 spiro atoms. The lowest BCUT2D eigenvalue weighted by Gasteiger charge is -2.58. The van der Waals surface area contributed by atoms with Crippen LogP contribution < -0.4 is 10.1 Å². The van der Waals surface area contributed by atoms with Crippen LogP contribution in [0, 0.1) is 34.5 Å². The number of rotatable bonds is 4. The van der Waals surface area contributed by atoms with Crippen molar-refractivity contribution in [1.82, 2.24) is 10.2 Å². The van der Waals surface area contributed by atoms with Gasteiger partial charge in [0.1, 0.15) is 5.75 Å². The number of benzene rings is 1. The van der Waals surface area contributed by atoms with Crippen LogP contribution in [0.3, 0.4) is 0 Å². The zero-order valence-electron chi connectivity index (χ0n) is 22.3. The fourth-order valence-electron chi connectivity index (χ4n) is 8.49. The van der Waals surface area contributed by atoms with E-state index >= 15 is 0 Å². The van der Waals surface area contributed by atoms with E-state index in [9.17, 15) is 9.59 Å². The number of hydrogen-bond acceptors (Lipinski definition) is 3. The highest BCUT2D eigenvalue weighted by atomic mass is 16.5. The van der Waals surface area contributed by atoms with Crippen LogP contribution in [0.25, 0.3) is 0 Å². The van der Waals surface area contributed by atoms with Gasteiger partial charge >= 0.3 is 0 Å². The van der Waals surface area contributed by atoms with Gasteiger partial charge < -0.3 is 15.0 Å². The maximum atomic E-state index is 13.8. The molecule has 1 aromatic carbocycles. The number of nitrogens with one attached hydrogen (secondary N) is 1. The molecule has 2 saturated carbocycles. The summed E-state index contributed by atoms with van der Waals surface area (Å²) in [6.07, 6.45) is 9.38. The molecule has 0 bridgehead atoms. The number of carbonyl (C=O) groups is 2. The highest BCUT2D eigenvalue weighted by Gasteiger charge is 2.60. The molecular weight excluding hydrogens is 436 g/mol. The molecular formula is C30H42N2O3. The molecule has 190 valence electrons. The van der Waals surface area contributed by atoms with Crippen molar-refractivity contribution in [3.63, 3.8) is 0 Å². The van der Waals surface area contributed by atoms with Crippen LogP contribution in [-0.4, -0.2) is 30.9 Å². The Hall–Kier alpha value is -2.30. The number of nitrogens with zero attached hydrogens (tertiary/aromatic N) is 1. The summed E-state index contributed by atoms with van der Waals surface area (Å²) in [5.74, 6) is 3.12. The van der Waals surface area contributed by atoms with Crippen LogP contribution in [0.2, 0.25) is 0 Å². The number of likely N-dealkylation sites (tertiary alicyclic amines) is 1. The first kappa shape index (κ1) is 24.4. The third-order valence-electron chi connectivity index (χ3n) is 10.6. The van der Waals surface area contributed by atoms with Gasteiger partial charge in [-0.3, -0.25) is 9.59 Å². The van der Waals surface area contributed by atoms with E-state index in [1.54, 1.807) is 7.11 Å². The van der Waals surface area contributed by atoms with Crippen molar-refractivity contribution in [2.75, 3.05) is 14.2 Å². The smallest absolute Gasteiger partial charge is 0.226 e. The Morgan fingerprint density at radius 3 is 2.49 bits per heavy atom. The van der Waals surface area contributed by atoms with Crippen molar-refractivity contribution < 1.29 is 14.3 Å². The summed E-state index contributed by atoms with van der Waals surface area (Å²) in [4.78, 5) is 28.1. The van der Waals surface area contributed by atoms with E-state index in [-0.39, 0.29) is 28.6 Å². The predicted molar refractivity (Wildman–Crippen MR) is 138 cm³/mol. The van der Waals surface area contributed by atoms with Crippen LogP contribution in [0.4, 0.5) is 0 Å². The third kappa shape index (κ3) is 3.72. The SMILES string of the molecule is COc1ccc(C(C)(C)NC(=O)C2CC[C@H]3[C@@H]4CC=C5N(C)C(=O)CC[C@]5(C)[C@H]4CC[C@]23C)cc1. The van der Waals surface area contributed by atoms with Gasteiger partial charge in [0.2, 0.25) is 11.8 Å². The topological polar surface area (TPSA) is 58.6 Å². The molecule has 1 N–H and O–H groups in total. The molecule has 3 fully saturated rings. The molecule has 4 aliphatic rings. The second-order valence-electron chi connectivity index (χ2n) is 12.6. The summed E-state index contributed by atoms with van der Waals surface area (Å²) in [5, 5.41) is 3.41. The molecule has 2 amide bonds. The van der Waals surface area contributed by atoms with Crippen molar-refractivity contribution in [2.24, 2.45) is 34.5 Å². The lowest BCUT2D eigenvalue weighted by molar-refractivity contribution is -0.139. The second-order valence-corrected chi connectivity index (χ2v) is 12.6. The Morgan fingerprint density at radius 2 is 1.80 bits per heavy atom. The van der Waals surface area contributed by atoms with Gasteiger partial charge in [0.15, 0.2) is 0 Å². The summed E-state index contributed by atoms with van der Waals surface area (Å²) in [7, 11) is 3.63. The summed E-state index contributed by atoms with van der Waals surface area (Å²) >= 11 is 0. The van der Waals surface area contributed by atoms with Crippen molar-refractivity contribution in [3.05, 3.63) is 41.6 Å². The summed E-state index contributed by atoms with van der Waals surface area (Å²) in [6.45, 7) is 8.97. The molecule has 35 heavy (non-hydrogen) atoms. The quantitative estimate of drug-likeness (QED) is 0.608. The minimum Gasteiger partial charge on any atom is -0.497 e. The first-order valence-electron chi connectivity index (χ1n) is 13.4. The average molecular weight is 479 g/mol. The highest BCUT2D eigenvalue weighted by molar-refractivity contribution is 5.81. The number of methoxy groups -OCH3 is 1. The van der Waals surface area contributed by atoms with Gasteiger partial charge in [-0.25, -0.2) is 0 Å². The number of allylic oxidation sites excluding steroid dienone is 2. The lowest BCUT2D eigenvalue weighted by atomic mass is 9.49. The van der Waals surface area contributed by atoms with E-state index < -0.39 is 5.54 Å². The number of carbonyl (C=O) groups excluding carboxylic acids is 2.